The van der Waals surface area contributed by atoms with E-state index in [1.165, 1.54) is 18.4 Å². The van der Waals surface area contributed by atoms with Crippen LogP contribution in [0.4, 0.5) is 0 Å². The molecule has 122 valence electrons. The van der Waals surface area contributed by atoms with Crippen LogP contribution >= 0.6 is 70.0 Å². The molecule has 1 aliphatic rings. The third-order valence-corrected chi connectivity index (χ3v) is 5.22. The van der Waals surface area contributed by atoms with E-state index in [4.69, 9.17) is 0 Å². The minimum Gasteiger partial charge on any atom is -0.506 e. The second-order valence-electron chi connectivity index (χ2n) is 4.92. The molecule has 1 aromatic rings. The Labute approximate surface area is 166 Å². The van der Waals surface area contributed by atoms with Gasteiger partial charge < -0.3 is 10.4 Å². The Balaban J connectivity index is 0.00000200. The van der Waals surface area contributed by atoms with Gasteiger partial charge in [-0.05, 0) is 69.3 Å². The van der Waals surface area contributed by atoms with Crippen molar-refractivity contribution in [1.82, 2.24) is 10.2 Å². The van der Waals surface area contributed by atoms with Crippen molar-refractivity contribution < 1.29 is 5.11 Å². The zero-order valence-electron chi connectivity index (χ0n) is 11.9. The summed E-state index contributed by atoms with van der Waals surface area (Å²) < 4.78 is 1.91. The highest BCUT2D eigenvalue weighted by Crippen LogP contribution is 2.33. The topological polar surface area (TPSA) is 35.5 Å². The summed E-state index contributed by atoms with van der Waals surface area (Å²) in [7, 11) is 0. The molecule has 21 heavy (non-hydrogen) atoms. The van der Waals surface area contributed by atoms with Gasteiger partial charge in [0, 0.05) is 32.2 Å². The SMILES string of the molecule is CCC[C@H](c1cc(I)c(O)c(I)c1)N1CCNCC1.Cl.Cl. The highest BCUT2D eigenvalue weighted by Gasteiger charge is 2.22. The van der Waals surface area contributed by atoms with Crippen molar-refractivity contribution >= 4 is 70.0 Å². The molecule has 1 saturated heterocycles. The number of hydrogen-bond donors (Lipinski definition) is 2. The smallest absolute Gasteiger partial charge is 0.142 e. The number of phenolic OH excluding ortho intramolecular Hbond substituents is 1. The lowest BCUT2D eigenvalue weighted by Gasteiger charge is -2.35. The van der Waals surface area contributed by atoms with Gasteiger partial charge in [-0.3, -0.25) is 4.90 Å². The van der Waals surface area contributed by atoms with Gasteiger partial charge in [0.1, 0.15) is 5.75 Å². The first kappa shape index (κ1) is 22.0. The van der Waals surface area contributed by atoms with Crippen LogP contribution in [0.2, 0.25) is 0 Å². The van der Waals surface area contributed by atoms with Crippen molar-refractivity contribution in [2.24, 2.45) is 0 Å². The van der Waals surface area contributed by atoms with Crippen LogP contribution in [0.5, 0.6) is 5.75 Å². The van der Waals surface area contributed by atoms with Crippen LogP contribution in [0.15, 0.2) is 12.1 Å². The van der Waals surface area contributed by atoms with E-state index in [0.717, 1.165) is 33.3 Å². The molecule has 3 nitrogen and oxygen atoms in total. The molecule has 0 radical (unpaired) electrons. The molecule has 0 saturated carbocycles. The monoisotopic (exact) mass is 558 g/mol. The summed E-state index contributed by atoms with van der Waals surface area (Å²) in [4.78, 5) is 2.57. The van der Waals surface area contributed by atoms with Gasteiger partial charge in [-0.15, -0.1) is 24.8 Å². The number of aromatic hydroxyl groups is 1. The molecule has 1 heterocycles. The molecule has 7 heteroatoms. The second kappa shape index (κ2) is 10.7. The van der Waals surface area contributed by atoms with Crippen molar-refractivity contribution in [3.63, 3.8) is 0 Å². The maximum Gasteiger partial charge on any atom is 0.142 e. The van der Waals surface area contributed by atoms with Gasteiger partial charge in [-0.1, -0.05) is 13.3 Å². The third kappa shape index (κ3) is 5.84. The summed E-state index contributed by atoms with van der Waals surface area (Å²) in [5, 5.41) is 13.3. The van der Waals surface area contributed by atoms with Crippen LogP contribution in [0.1, 0.15) is 31.4 Å². The fourth-order valence-corrected chi connectivity index (χ4v) is 4.42. The molecule has 0 amide bonds. The lowest BCUT2D eigenvalue weighted by Crippen LogP contribution is -2.45. The summed E-state index contributed by atoms with van der Waals surface area (Å²) in [5.74, 6) is 0.417. The molecule has 1 atom stereocenters. The molecule has 0 bridgehead atoms. The van der Waals surface area contributed by atoms with Crippen molar-refractivity contribution in [3.05, 3.63) is 24.8 Å². The lowest BCUT2D eigenvalue weighted by molar-refractivity contribution is 0.164. The van der Waals surface area contributed by atoms with E-state index >= 15 is 0 Å². The molecule has 2 rings (SSSR count). The van der Waals surface area contributed by atoms with Gasteiger partial charge in [-0.25, -0.2) is 0 Å². The minimum atomic E-state index is 0. The molecular weight excluding hydrogens is 537 g/mol. The first-order valence-corrected chi connectivity index (χ1v) is 8.92. The standard InChI is InChI=1S/C14H20I2N2O.2ClH/c1-2-3-13(18-6-4-17-5-7-18)10-8-11(15)14(19)12(16)9-10;;/h8-9,13,17,19H,2-7H2,1H3;2*1H/t13-;;/m1../s1. The molecule has 0 aromatic heterocycles. The molecular formula is C14H22Cl2I2N2O. The van der Waals surface area contributed by atoms with Gasteiger partial charge in [0.05, 0.1) is 7.14 Å². The zero-order chi connectivity index (χ0) is 13.8. The van der Waals surface area contributed by atoms with Gasteiger partial charge >= 0.3 is 0 Å². The van der Waals surface area contributed by atoms with E-state index in [9.17, 15) is 5.11 Å². The Morgan fingerprint density at radius 1 is 1.19 bits per heavy atom. The van der Waals surface area contributed by atoms with E-state index in [1.54, 1.807) is 0 Å². The Hall–Kier alpha value is 0.980. The number of nitrogens with zero attached hydrogens (tertiary/aromatic N) is 1. The average Bonchev–Trinajstić information content (AvgIpc) is 2.42. The molecule has 0 aliphatic carbocycles. The molecule has 1 fully saturated rings. The Kier molecular flexibility index (Phi) is 11.2. The van der Waals surface area contributed by atoms with Gasteiger partial charge in [0.2, 0.25) is 0 Å². The van der Waals surface area contributed by atoms with Crippen molar-refractivity contribution in [1.29, 1.82) is 0 Å². The van der Waals surface area contributed by atoms with Crippen LogP contribution < -0.4 is 5.32 Å². The number of nitrogens with one attached hydrogen (secondary N) is 1. The predicted molar refractivity (Wildman–Crippen MR) is 110 cm³/mol. The first-order valence-electron chi connectivity index (χ1n) is 6.76. The predicted octanol–water partition coefficient (Wildman–Crippen LogP) is 4.19. The Morgan fingerprint density at radius 3 is 2.19 bits per heavy atom. The Bertz CT molecular complexity index is 420. The largest absolute Gasteiger partial charge is 0.506 e. The van der Waals surface area contributed by atoms with E-state index in [-0.39, 0.29) is 24.8 Å². The van der Waals surface area contributed by atoms with Crippen LogP contribution in [0, 0.1) is 7.14 Å². The summed E-state index contributed by atoms with van der Waals surface area (Å²) in [6.07, 6.45) is 2.36. The maximum atomic E-state index is 9.91. The highest BCUT2D eigenvalue weighted by atomic mass is 127. The average molecular weight is 559 g/mol. The number of piperazine rings is 1. The van der Waals surface area contributed by atoms with Crippen molar-refractivity contribution in [2.75, 3.05) is 26.2 Å². The summed E-state index contributed by atoms with van der Waals surface area (Å²) >= 11 is 4.45. The van der Waals surface area contributed by atoms with Crippen LogP contribution in [0.25, 0.3) is 0 Å². The van der Waals surface area contributed by atoms with Gasteiger partial charge in [0.25, 0.3) is 0 Å². The van der Waals surface area contributed by atoms with E-state index < -0.39 is 0 Å². The van der Waals surface area contributed by atoms with E-state index in [0.29, 0.717) is 11.8 Å². The summed E-state index contributed by atoms with van der Waals surface area (Å²) in [6.45, 7) is 6.61. The fourth-order valence-electron chi connectivity index (χ4n) is 2.60. The zero-order valence-corrected chi connectivity index (χ0v) is 17.9. The van der Waals surface area contributed by atoms with E-state index in [1.807, 2.05) is 0 Å². The maximum absolute atomic E-state index is 9.91. The van der Waals surface area contributed by atoms with Crippen molar-refractivity contribution in [3.8, 4) is 5.75 Å². The van der Waals surface area contributed by atoms with Gasteiger partial charge in [0.15, 0.2) is 0 Å². The first-order chi connectivity index (χ1) is 9.13. The van der Waals surface area contributed by atoms with E-state index in [2.05, 4.69) is 74.5 Å². The van der Waals surface area contributed by atoms with Crippen LogP contribution in [-0.2, 0) is 0 Å². The van der Waals surface area contributed by atoms with Gasteiger partial charge in [-0.2, -0.15) is 0 Å². The van der Waals surface area contributed by atoms with Crippen LogP contribution in [0.3, 0.4) is 0 Å². The number of benzene rings is 1. The molecule has 2 N–H and O–H groups in total. The number of halogens is 4. The number of phenols is 1. The fraction of sp³-hybridized carbons (Fsp3) is 0.571. The van der Waals surface area contributed by atoms with Crippen molar-refractivity contribution in [2.45, 2.75) is 25.8 Å². The second-order valence-corrected chi connectivity index (χ2v) is 7.25. The Morgan fingerprint density at radius 2 is 1.71 bits per heavy atom. The number of hydrogen-bond acceptors (Lipinski definition) is 3. The lowest BCUT2D eigenvalue weighted by atomic mass is 10.00. The quantitative estimate of drug-likeness (QED) is 0.544. The third-order valence-electron chi connectivity index (χ3n) is 3.58. The summed E-state index contributed by atoms with van der Waals surface area (Å²) in [5.41, 5.74) is 1.34. The molecule has 1 aliphatic heterocycles. The minimum absolute atomic E-state index is 0. The summed E-state index contributed by atoms with van der Waals surface area (Å²) in [6, 6.07) is 4.76. The normalized spacial score (nSPS) is 16.7. The molecule has 0 spiro atoms. The van der Waals surface area contributed by atoms with Crippen LogP contribution in [-0.4, -0.2) is 36.2 Å². The molecule has 0 unspecified atom stereocenters. The number of rotatable bonds is 4. The highest BCUT2D eigenvalue weighted by molar-refractivity contribution is 14.1. The molecule has 1 aromatic carbocycles.